The number of aliphatic hydroxyl groups is 1. The lowest BCUT2D eigenvalue weighted by atomic mass is 9.77. The Morgan fingerprint density at radius 3 is 2.66 bits per heavy atom. The molecule has 182 valence electrons. The van der Waals surface area contributed by atoms with Gasteiger partial charge in [0, 0.05) is 24.2 Å². The zero-order valence-corrected chi connectivity index (χ0v) is 20.2. The first-order valence-electron chi connectivity index (χ1n) is 11.9. The summed E-state index contributed by atoms with van der Waals surface area (Å²) in [6, 6.07) is 11.7. The molecule has 5 rings (SSSR count). The highest BCUT2D eigenvalue weighted by Gasteiger charge is 2.46. The van der Waals surface area contributed by atoms with Crippen LogP contribution in [0.1, 0.15) is 55.5 Å². The summed E-state index contributed by atoms with van der Waals surface area (Å²) in [5, 5.41) is 10.9. The molecule has 1 aromatic heterocycles. The smallest absolute Gasteiger partial charge is 0.250 e. The number of aromatic nitrogens is 2. The zero-order chi connectivity index (χ0) is 24.7. The van der Waals surface area contributed by atoms with Crippen molar-refractivity contribution in [3.8, 4) is 11.4 Å². The van der Waals surface area contributed by atoms with Crippen LogP contribution in [-0.4, -0.2) is 44.2 Å². The number of hydrogen-bond acceptors (Lipinski definition) is 4. The second-order valence-corrected chi connectivity index (χ2v) is 9.90. The molecule has 0 saturated carbocycles. The molecule has 0 spiro atoms. The number of methoxy groups -OCH3 is 1. The molecule has 2 aromatic carbocycles. The van der Waals surface area contributed by atoms with Gasteiger partial charge in [-0.1, -0.05) is 18.2 Å². The average molecular weight is 476 g/mol. The third-order valence-electron chi connectivity index (χ3n) is 7.08. The quantitative estimate of drug-likeness (QED) is 0.540. The molecular formula is C28H30FN3O3. The minimum absolute atomic E-state index is 0.0284. The monoisotopic (exact) mass is 475 g/mol. The highest BCUT2D eigenvalue weighted by molar-refractivity contribution is 5.99. The highest BCUT2D eigenvalue weighted by atomic mass is 19.1. The van der Waals surface area contributed by atoms with E-state index in [1.54, 1.807) is 25.6 Å². The maximum Gasteiger partial charge on any atom is 0.250 e. The maximum atomic E-state index is 13.7. The van der Waals surface area contributed by atoms with E-state index < -0.39 is 5.60 Å². The summed E-state index contributed by atoms with van der Waals surface area (Å²) in [7, 11) is 1.63. The van der Waals surface area contributed by atoms with Gasteiger partial charge in [0.2, 0.25) is 0 Å². The largest absolute Gasteiger partial charge is 0.495 e. The fourth-order valence-electron chi connectivity index (χ4n) is 5.45. The molecule has 3 aromatic rings. The topological polar surface area (TPSA) is 67.6 Å². The molecule has 0 unspecified atom stereocenters. The molecule has 2 aliphatic heterocycles. The average Bonchev–Trinajstić information content (AvgIpc) is 3.26. The Kier molecular flexibility index (Phi) is 5.97. The van der Waals surface area contributed by atoms with Crippen molar-refractivity contribution >= 4 is 12.0 Å². The molecule has 0 bridgehead atoms. The van der Waals surface area contributed by atoms with Gasteiger partial charge in [0.1, 0.15) is 11.6 Å². The molecule has 0 aliphatic carbocycles. The predicted octanol–water partition coefficient (Wildman–Crippen LogP) is 4.99. The summed E-state index contributed by atoms with van der Waals surface area (Å²) in [6.07, 6.45) is 7.97. The van der Waals surface area contributed by atoms with E-state index in [9.17, 15) is 14.3 Å². The number of amides is 1. The van der Waals surface area contributed by atoms with E-state index in [2.05, 4.69) is 4.98 Å². The third kappa shape index (κ3) is 4.60. The summed E-state index contributed by atoms with van der Waals surface area (Å²) < 4.78 is 21.1. The van der Waals surface area contributed by atoms with Crippen molar-refractivity contribution in [3.05, 3.63) is 83.2 Å². The Bertz CT molecular complexity index is 1280. The van der Waals surface area contributed by atoms with Gasteiger partial charge in [0.05, 0.1) is 36.5 Å². The van der Waals surface area contributed by atoms with Crippen molar-refractivity contribution in [1.29, 1.82) is 0 Å². The van der Waals surface area contributed by atoms with Crippen molar-refractivity contribution in [2.45, 2.75) is 57.2 Å². The summed E-state index contributed by atoms with van der Waals surface area (Å²) in [5.41, 5.74) is 3.36. The molecular weight excluding hydrogens is 445 g/mol. The van der Waals surface area contributed by atoms with Gasteiger partial charge in [0.15, 0.2) is 0 Å². The van der Waals surface area contributed by atoms with Crippen LogP contribution in [0.4, 0.5) is 4.39 Å². The Labute approximate surface area is 204 Å². The standard InChI is InChI=1S/C28H30FN3O3/c1-18-16-31(17-30-18)24-11-4-19(13-26(24)35-3)12-21-7-10-23-14-28(2,34)15-25(32(23)27(21)33)20-5-8-22(29)9-6-20/h4-6,8-9,11-13,16-17,23,25,34H,7,10,14-15H2,1-3H3/t23-,25+,28-/m0/s1. The molecule has 2 fully saturated rings. The Balaban J connectivity index is 1.47. The summed E-state index contributed by atoms with van der Waals surface area (Å²) in [5.74, 6) is 0.345. The first-order valence-corrected chi connectivity index (χ1v) is 11.9. The van der Waals surface area contributed by atoms with Crippen LogP contribution in [0, 0.1) is 12.7 Å². The Morgan fingerprint density at radius 1 is 1.20 bits per heavy atom. The zero-order valence-electron chi connectivity index (χ0n) is 20.2. The first-order chi connectivity index (χ1) is 16.7. The van der Waals surface area contributed by atoms with E-state index in [1.807, 2.05) is 53.8 Å². The van der Waals surface area contributed by atoms with Crippen molar-refractivity contribution < 1.29 is 19.0 Å². The van der Waals surface area contributed by atoms with Gasteiger partial charge in [-0.3, -0.25) is 4.79 Å². The van der Waals surface area contributed by atoms with Crippen LogP contribution in [0.25, 0.3) is 11.8 Å². The Morgan fingerprint density at radius 2 is 1.97 bits per heavy atom. The molecule has 2 aliphatic rings. The van der Waals surface area contributed by atoms with E-state index in [0.717, 1.165) is 34.5 Å². The second-order valence-electron chi connectivity index (χ2n) is 9.90. The fraction of sp³-hybridized carbons (Fsp3) is 0.357. The lowest BCUT2D eigenvalue weighted by Crippen LogP contribution is -2.55. The second kappa shape index (κ2) is 8.96. The third-order valence-corrected chi connectivity index (χ3v) is 7.08. The number of fused-ring (bicyclic) bond motifs is 1. The van der Waals surface area contributed by atoms with E-state index in [0.29, 0.717) is 25.0 Å². The molecule has 3 atom stereocenters. The number of imidazole rings is 1. The summed E-state index contributed by atoms with van der Waals surface area (Å²) >= 11 is 0. The number of carbonyl (C=O) groups excluding carboxylic acids is 1. The van der Waals surface area contributed by atoms with Gasteiger partial charge in [-0.2, -0.15) is 0 Å². The lowest BCUT2D eigenvalue weighted by molar-refractivity contribution is -0.144. The number of carbonyl (C=O) groups is 1. The highest BCUT2D eigenvalue weighted by Crippen LogP contribution is 2.44. The number of piperidine rings is 2. The number of halogens is 1. The van der Waals surface area contributed by atoms with Crippen molar-refractivity contribution in [3.63, 3.8) is 0 Å². The van der Waals surface area contributed by atoms with Crippen molar-refractivity contribution in [2.24, 2.45) is 0 Å². The van der Waals surface area contributed by atoms with Crippen LogP contribution >= 0.6 is 0 Å². The minimum Gasteiger partial charge on any atom is -0.495 e. The number of benzene rings is 2. The first kappa shape index (κ1) is 23.3. The summed E-state index contributed by atoms with van der Waals surface area (Å²) in [4.78, 5) is 19.9. The van der Waals surface area contributed by atoms with Crippen molar-refractivity contribution in [1.82, 2.24) is 14.5 Å². The lowest BCUT2D eigenvalue weighted by Gasteiger charge is -2.50. The SMILES string of the molecule is COc1cc(C=C2CC[C@H]3C[C@](C)(O)C[C@H](c4ccc(F)cc4)N3C2=O)ccc1-n1cnc(C)c1. The van der Waals surface area contributed by atoms with E-state index >= 15 is 0 Å². The number of ether oxygens (including phenoxy) is 1. The van der Waals surface area contributed by atoms with E-state index in [4.69, 9.17) is 4.74 Å². The van der Waals surface area contributed by atoms with E-state index in [-0.39, 0.29) is 23.8 Å². The van der Waals surface area contributed by atoms with Gasteiger partial charge < -0.3 is 19.3 Å². The molecule has 7 heteroatoms. The van der Waals surface area contributed by atoms with Crippen LogP contribution in [0.5, 0.6) is 5.75 Å². The number of aryl methyl sites for hydroxylation is 1. The molecule has 35 heavy (non-hydrogen) atoms. The molecule has 1 N–H and O–H groups in total. The molecule has 1 amide bonds. The maximum absolute atomic E-state index is 13.7. The van der Waals surface area contributed by atoms with Crippen LogP contribution in [0.3, 0.4) is 0 Å². The number of hydrogen-bond donors (Lipinski definition) is 1. The van der Waals surface area contributed by atoms with Crippen LogP contribution in [0.15, 0.2) is 60.6 Å². The normalized spacial score (nSPS) is 25.6. The molecule has 6 nitrogen and oxygen atoms in total. The molecule has 3 heterocycles. The number of nitrogens with zero attached hydrogens (tertiary/aromatic N) is 3. The van der Waals surface area contributed by atoms with Gasteiger partial charge in [-0.05, 0) is 74.6 Å². The van der Waals surface area contributed by atoms with Gasteiger partial charge in [0.25, 0.3) is 5.91 Å². The van der Waals surface area contributed by atoms with Crippen LogP contribution in [0.2, 0.25) is 0 Å². The predicted molar refractivity (Wildman–Crippen MR) is 132 cm³/mol. The minimum atomic E-state index is -0.878. The fourth-order valence-corrected chi connectivity index (χ4v) is 5.45. The number of rotatable bonds is 4. The van der Waals surface area contributed by atoms with Gasteiger partial charge >= 0.3 is 0 Å². The van der Waals surface area contributed by atoms with Crippen LogP contribution < -0.4 is 4.74 Å². The summed E-state index contributed by atoms with van der Waals surface area (Å²) in [6.45, 7) is 3.76. The van der Waals surface area contributed by atoms with Crippen molar-refractivity contribution in [2.75, 3.05) is 7.11 Å². The van der Waals surface area contributed by atoms with Crippen LogP contribution in [-0.2, 0) is 4.79 Å². The van der Waals surface area contributed by atoms with E-state index in [1.165, 1.54) is 12.1 Å². The molecule has 2 saturated heterocycles. The van der Waals surface area contributed by atoms with Gasteiger partial charge in [-0.25, -0.2) is 9.37 Å². The van der Waals surface area contributed by atoms with Gasteiger partial charge in [-0.15, -0.1) is 0 Å². The molecule has 0 radical (unpaired) electrons. The Hall–Kier alpha value is -3.45.